The molecule has 0 bridgehead atoms. The van der Waals surface area contributed by atoms with Crippen LogP contribution in [-0.4, -0.2) is 35.3 Å². The van der Waals surface area contributed by atoms with E-state index in [9.17, 15) is 9.90 Å². The summed E-state index contributed by atoms with van der Waals surface area (Å²) in [5.74, 6) is 0. The summed E-state index contributed by atoms with van der Waals surface area (Å²) in [5, 5.41) is 9.73. The molecule has 0 spiro atoms. The molecule has 1 unspecified atom stereocenters. The normalized spacial score (nSPS) is 11.4. The number of amides is 1. The van der Waals surface area contributed by atoms with Crippen molar-refractivity contribution in [2.75, 3.05) is 13.1 Å². The molecule has 0 aliphatic heterocycles. The number of carbonyl (C=O) groups excluding carboxylic acids is 1. The highest BCUT2D eigenvalue weighted by atomic mass is 16.6. The van der Waals surface area contributed by atoms with E-state index in [1.165, 1.54) is 4.90 Å². The predicted molar refractivity (Wildman–Crippen MR) is 79.2 cm³/mol. The van der Waals surface area contributed by atoms with Gasteiger partial charge in [0.25, 0.3) is 0 Å². The number of nitrogens with zero attached hydrogens (tertiary/aromatic N) is 1. The van der Waals surface area contributed by atoms with Crippen LogP contribution in [0.2, 0.25) is 0 Å². The second-order valence-corrected chi connectivity index (χ2v) is 4.41. The van der Waals surface area contributed by atoms with Crippen LogP contribution in [0.3, 0.4) is 0 Å². The van der Waals surface area contributed by atoms with Gasteiger partial charge in [0, 0.05) is 6.54 Å². The van der Waals surface area contributed by atoms with Crippen LogP contribution in [0.5, 0.6) is 0 Å². The smallest absolute Gasteiger partial charge is 0.410 e. The molecule has 0 saturated carbocycles. The predicted octanol–water partition coefficient (Wildman–Crippen LogP) is 2.75. The first-order valence-electron chi connectivity index (χ1n) is 6.52. The zero-order valence-corrected chi connectivity index (χ0v) is 11.6. The average Bonchev–Trinajstić information content (AvgIpc) is 2.45. The van der Waals surface area contributed by atoms with Crippen molar-refractivity contribution in [3.63, 3.8) is 0 Å². The lowest BCUT2D eigenvalue weighted by molar-refractivity contribution is 0.0741. The molecule has 0 fully saturated rings. The Morgan fingerprint density at radius 1 is 1.30 bits per heavy atom. The van der Waals surface area contributed by atoms with Gasteiger partial charge in [0.1, 0.15) is 6.61 Å². The van der Waals surface area contributed by atoms with Crippen molar-refractivity contribution in [2.24, 2.45) is 0 Å². The molecule has 1 aromatic carbocycles. The Hall–Kier alpha value is -2.07. The third-order valence-corrected chi connectivity index (χ3v) is 2.68. The van der Waals surface area contributed by atoms with Gasteiger partial charge in [-0.05, 0) is 12.0 Å². The minimum atomic E-state index is -0.642. The SMILES string of the molecule is C=CCC(O)CN(CC=C)C(=O)OCc1ccccc1. The molecule has 108 valence electrons. The molecule has 20 heavy (non-hydrogen) atoms. The molecule has 0 aliphatic carbocycles. The molecule has 1 atom stereocenters. The molecular weight excluding hydrogens is 254 g/mol. The fourth-order valence-electron chi connectivity index (χ4n) is 1.71. The minimum absolute atomic E-state index is 0.200. The van der Waals surface area contributed by atoms with E-state index in [2.05, 4.69) is 13.2 Å². The monoisotopic (exact) mass is 275 g/mol. The molecule has 0 aliphatic rings. The second kappa shape index (κ2) is 8.93. The van der Waals surface area contributed by atoms with Crippen molar-refractivity contribution in [1.29, 1.82) is 0 Å². The topological polar surface area (TPSA) is 49.8 Å². The van der Waals surface area contributed by atoms with Crippen molar-refractivity contribution in [3.8, 4) is 0 Å². The number of rotatable bonds is 8. The van der Waals surface area contributed by atoms with Gasteiger partial charge >= 0.3 is 6.09 Å². The van der Waals surface area contributed by atoms with Crippen LogP contribution >= 0.6 is 0 Å². The molecule has 1 aromatic rings. The van der Waals surface area contributed by atoms with Crippen molar-refractivity contribution >= 4 is 6.09 Å². The number of benzene rings is 1. The fraction of sp³-hybridized carbons (Fsp3) is 0.312. The molecule has 0 aromatic heterocycles. The highest BCUT2D eigenvalue weighted by molar-refractivity contribution is 5.67. The van der Waals surface area contributed by atoms with Gasteiger partial charge in [0.05, 0.1) is 12.6 Å². The Morgan fingerprint density at radius 2 is 2.00 bits per heavy atom. The summed E-state index contributed by atoms with van der Waals surface area (Å²) in [4.78, 5) is 13.4. The van der Waals surface area contributed by atoms with E-state index in [-0.39, 0.29) is 13.2 Å². The highest BCUT2D eigenvalue weighted by Gasteiger charge is 2.17. The summed E-state index contributed by atoms with van der Waals surface area (Å²) in [5.41, 5.74) is 0.922. The molecule has 1 amide bonds. The maximum Gasteiger partial charge on any atom is 0.410 e. The third kappa shape index (κ3) is 5.71. The zero-order valence-electron chi connectivity index (χ0n) is 11.6. The number of hydrogen-bond donors (Lipinski definition) is 1. The lowest BCUT2D eigenvalue weighted by Gasteiger charge is -2.23. The standard InChI is InChI=1S/C16H21NO3/c1-3-8-15(18)12-17(11-4-2)16(19)20-13-14-9-6-5-7-10-14/h3-7,9-10,15,18H,1-2,8,11-13H2. The fourth-order valence-corrected chi connectivity index (χ4v) is 1.71. The van der Waals surface area contributed by atoms with E-state index in [4.69, 9.17) is 4.74 Å². The van der Waals surface area contributed by atoms with E-state index < -0.39 is 12.2 Å². The van der Waals surface area contributed by atoms with Crippen molar-refractivity contribution < 1.29 is 14.6 Å². The van der Waals surface area contributed by atoms with Gasteiger partial charge in [0.2, 0.25) is 0 Å². The van der Waals surface area contributed by atoms with Gasteiger partial charge in [-0.15, -0.1) is 13.2 Å². The summed E-state index contributed by atoms with van der Waals surface area (Å²) in [6.45, 7) is 7.91. The molecule has 1 rings (SSSR count). The van der Waals surface area contributed by atoms with Gasteiger partial charge in [-0.1, -0.05) is 42.5 Å². The number of aliphatic hydroxyl groups excluding tert-OH is 1. The maximum absolute atomic E-state index is 12.0. The molecule has 0 radical (unpaired) electrons. The Morgan fingerprint density at radius 3 is 2.60 bits per heavy atom. The Kier molecular flexibility index (Phi) is 7.14. The number of hydrogen-bond acceptors (Lipinski definition) is 3. The van der Waals surface area contributed by atoms with E-state index >= 15 is 0 Å². The Balaban J connectivity index is 2.50. The minimum Gasteiger partial charge on any atom is -0.445 e. The number of ether oxygens (including phenoxy) is 1. The van der Waals surface area contributed by atoms with Crippen molar-refractivity contribution in [2.45, 2.75) is 19.1 Å². The van der Waals surface area contributed by atoms with Crippen LogP contribution in [0.25, 0.3) is 0 Å². The maximum atomic E-state index is 12.0. The number of carbonyl (C=O) groups is 1. The largest absolute Gasteiger partial charge is 0.445 e. The summed E-state index contributed by atoms with van der Waals surface area (Å²) in [7, 11) is 0. The van der Waals surface area contributed by atoms with E-state index in [1.807, 2.05) is 30.3 Å². The van der Waals surface area contributed by atoms with Crippen molar-refractivity contribution in [1.82, 2.24) is 4.90 Å². The summed E-state index contributed by atoms with van der Waals surface area (Å²) in [6, 6.07) is 9.45. The first kappa shape index (κ1) is 16.0. The van der Waals surface area contributed by atoms with Gasteiger partial charge < -0.3 is 14.7 Å². The van der Waals surface area contributed by atoms with Crippen LogP contribution < -0.4 is 0 Å². The molecule has 0 saturated heterocycles. The first-order chi connectivity index (χ1) is 9.67. The molecule has 1 N–H and O–H groups in total. The zero-order chi connectivity index (χ0) is 14.8. The van der Waals surface area contributed by atoms with Crippen LogP contribution in [0.1, 0.15) is 12.0 Å². The first-order valence-corrected chi connectivity index (χ1v) is 6.52. The average molecular weight is 275 g/mol. The van der Waals surface area contributed by atoms with Crippen LogP contribution in [0.4, 0.5) is 4.79 Å². The quantitative estimate of drug-likeness (QED) is 0.742. The van der Waals surface area contributed by atoms with Crippen LogP contribution in [0.15, 0.2) is 55.6 Å². The molecule has 0 heterocycles. The third-order valence-electron chi connectivity index (χ3n) is 2.68. The number of aliphatic hydroxyl groups is 1. The van der Waals surface area contributed by atoms with E-state index in [0.29, 0.717) is 13.0 Å². The van der Waals surface area contributed by atoms with Crippen LogP contribution in [-0.2, 0) is 11.3 Å². The molecule has 4 heteroatoms. The lowest BCUT2D eigenvalue weighted by Crippen LogP contribution is -2.37. The highest BCUT2D eigenvalue weighted by Crippen LogP contribution is 2.05. The van der Waals surface area contributed by atoms with Gasteiger partial charge in [0.15, 0.2) is 0 Å². The molecular formula is C16H21NO3. The van der Waals surface area contributed by atoms with Crippen LogP contribution in [0, 0.1) is 0 Å². The summed E-state index contributed by atoms with van der Waals surface area (Å²) < 4.78 is 5.22. The van der Waals surface area contributed by atoms with E-state index in [0.717, 1.165) is 5.56 Å². The second-order valence-electron chi connectivity index (χ2n) is 4.41. The summed E-state index contributed by atoms with van der Waals surface area (Å²) in [6.07, 6.45) is 2.55. The molecule has 4 nitrogen and oxygen atoms in total. The summed E-state index contributed by atoms with van der Waals surface area (Å²) >= 11 is 0. The van der Waals surface area contributed by atoms with Crippen molar-refractivity contribution in [3.05, 3.63) is 61.2 Å². The Bertz CT molecular complexity index is 431. The van der Waals surface area contributed by atoms with Gasteiger partial charge in [-0.25, -0.2) is 4.79 Å². The lowest BCUT2D eigenvalue weighted by atomic mass is 10.2. The van der Waals surface area contributed by atoms with Gasteiger partial charge in [-0.3, -0.25) is 0 Å². The van der Waals surface area contributed by atoms with Gasteiger partial charge in [-0.2, -0.15) is 0 Å². The Labute approximate surface area is 120 Å². The van der Waals surface area contributed by atoms with E-state index in [1.54, 1.807) is 12.2 Å².